The fourth-order valence-electron chi connectivity index (χ4n) is 4.73. The van der Waals surface area contributed by atoms with Crippen LogP contribution < -0.4 is 5.32 Å². The number of piperidine rings is 1. The number of carbonyl (C=O) groups excluding carboxylic acids is 2. The highest BCUT2D eigenvalue weighted by molar-refractivity contribution is 5.84. The molecule has 5 heteroatoms. The third-order valence-corrected chi connectivity index (χ3v) is 6.48. The molecule has 3 fully saturated rings. The summed E-state index contributed by atoms with van der Waals surface area (Å²) >= 11 is 0. The summed E-state index contributed by atoms with van der Waals surface area (Å²) in [6.07, 6.45) is 9.65. The third kappa shape index (κ3) is 3.91. The van der Waals surface area contributed by atoms with Crippen LogP contribution in [0.4, 0.5) is 4.79 Å². The summed E-state index contributed by atoms with van der Waals surface area (Å²) in [5, 5.41) is 3.34. The molecule has 1 spiro atoms. The zero-order chi connectivity index (χ0) is 19.0. The molecule has 26 heavy (non-hydrogen) atoms. The minimum atomic E-state index is -0.455. The Balaban J connectivity index is 1.50. The van der Waals surface area contributed by atoms with E-state index in [0.717, 1.165) is 64.5 Å². The fraction of sp³-hybridized carbons (Fsp3) is 0.810. The molecule has 1 atom stereocenters. The lowest BCUT2D eigenvalue weighted by molar-refractivity contribution is -0.131. The minimum Gasteiger partial charge on any atom is -0.444 e. The van der Waals surface area contributed by atoms with Crippen LogP contribution >= 0.6 is 0 Å². The van der Waals surface area contributed by atoms with Gasteiger partial charge in [-0.3, -0.25) is 4.79 Å². The maximum absolute atomic E-state index is 12.9. The van der Waals surface area contributed by atoms with Crippen LogP contribution in [0.1, 0.15) is 72.1 Å². The predicted molar refractivity (Wildman–Crippen MR) is 102 cm³/mol. The van der Waals surface area contributed by atoms with Crippen molar-refractivity contribution in [2.45, 2.75) is 83.8 Å². The van der Waals surface area contributed by atoms with Crippen molar-refractivity contribution in [3.8, 4) is 0 Å². The summed E-state index contributed by atoms with van der Waals surface area (Å²) in [6, 6.07) is 0.276. The maximum atomic E-state index is 12.9. The van der Waals surface area contributed by atoms with Crippen LogP contribution in [0.3, 0.4) is 0 Å². The maximum Gasteiger partial charge on any atom is 0.410 e. The van der Waals surface area contributed by atoms with E-state index in [2.05, 4.69) is 11.9 Å². The van der Waals surface area contributed by atoms with Crippen molar-refractivity contribution in [1.29, 1.82) is 0 Å². The van der Waals surface area contributed by atoms with E-state index in [0.29, 0.717) is 0 Å². The Morgan fingerprint density at radius 1 is 1.19 bits per heavy atom. The van der Waals surface area contributed by atoms with E-state index >= 15 is 0 Å². The topological polar surface area (TPSA) is 58.6 Å². The van der Waals surface area contributed by atoms with Gasteiger partial charge in [0.05, 0.1) is 5.41 Å². The van der Waals surface area contributed by atoms with E-state index in [1.807, 2.05) is 31.7 Å². The number of allylic oxidation sites excluding steroid dienone is 1. The molecule has 1 N–H and O–H groups in total. The van der Waals surface area contributed by atoms with E-state index in [-0.39, 0.29) is 28.9 Å². The average Bonchev–Trinajstić information content (AvgIpc) is 2.99. The van der Waals surface area contributed by atoms with Crippen LogP contribution in [0.5, 0.6) is 0 Å². The average molecular weight is 363 g/mol. The summed E-state index contributed by atoms with van der Waals surface area (Å²) in [5.41, 5.74) is -0.478. The van der Waals surface area contributed by atoms with Crippen molar-refractivity contribution in [3.05, 3.63) is 12.7 Å². The molecule has 0 aromatic rings. The highest BCUT2D eigenvalue weighted by Crippen LogP contribution is 2.54. The van der Waals surface area contributed by atoms with Crippen molar-refractivity contribution in [2.24, 2.45) is 10.8 Å². The van der Waals surface area contributed by atoms with Gasteiger partial charge in [0, 0.05) is 19.1 Å². The Morgan fingerprint density at radius 2 is 1.81 bits per heavy atom. The smallest absolute Gasteiger partial charge is 0.410 e. The van der Waals surface area contributed by atoms with E-state index in [4.69, 9.17) is 4.74 Å². The number of hydrogen-bond donors (Lipinski definition) is 1. The predicted octanol–water partition coefficient (Wildman–Crippen LogP) is 4.03. The van der Waals surface area contributed by atoms with Crippen LogP contribution in [0.2, 0.25) is 0 Å². The number of nitrogens with zero attached hydrogens (tertiary/aromatic N) is 1. The molecule has 5 nitrogen and oxygen atoms in total. The number of nitrogens with one attached hydrogen (secondary N) is 1. The summed E-state index contributed by atoms with van der Waals surface area (Å²) < 4.78 is 5.47. The lowest BCUT2D eigenvalue weighted by Crippen LogP contribution is -2.45. The lowest BCUT2D eigenvalue weighted by atomic mass is 9.81. The first-order chi connectivity index (χ1) is 12.2. The van der Waals surface area contributed by atoms with Crippen molar-refractivity contribution < 1.29 is 14.3 Å². The van der Waals surface area contributed by atoms with Gasteiger partial charge in [-0.05, 0) is 64.7 Å². The largest absolute Gasteiger partial charge is 0.444 e. The highest BCUT2D eigenvalue weighted by atomic mass is 16.6. The van der Waals surface area contributed by atoms with E-state index < -0.39 is 5.60 Å². The SMILES string of the molecule is C=CCC1(C(=O)NC2CC23CCN(C(=O)OC(C)(C)C)CC3)CCCC1. The second-order valence-corrected chi connectivity index (χ2v) is 9.54. The van der Waals surface area contributed by atoms with E-state index in [9.17, 15) is 9.59 Å². The Labute approximate surface area is 157 Å². The molecular weight excluding hydrogens is 328 g/mol. The Morgan fingerprint density at radius 3 is 2.35 bits per heavy atom. The molecule has 1 unspecified atom stereocenters. The highest BCUT2D eigenvalue weighted by Gasteiger charge is 2.57. The van der Waals surface area contributed by atoms with Crippen LogP contribution in [-0.2, 0) is 9.53 Å². The molecule has 3 rings (SSSR count). The van der Waals surface area contributed by atoms with Gasteiger partial charge < -0.3 is 15.0 Å². The van der Waals surface area contributed by atoms with Gasteiger partial charge >= 0.3 is 6.09 Å². The molecule has 2 amide bonds. The summed E-state index contributed by atoms with van der Waals surface area (Å²) in [5.74, 6) is 0.228. The van der Waals surface area contributed by atoms with Crippen molar-refractivity contribution in [1.82, 2.24) is 10.2 Å². The lowest BCUT2D eigenvalue weighted by Gasteiger charge is -2.34. The zero-order valence-corrected chi connectivity index (χ0v) is 16.6. The first kappa shape index (κ1) is 19.2. The molecule has 0 aromatic heterocycles. The number of rotatable bonds is 4. The monoisotopic (exact) mass is 362 g/mol. The van der Waals surface area contributed by atoms with Gasteiger partial charge in [-0.25, -0.2) is 4.79 Å². The number of hydrogen-bond acceptors (Lipinski definition) is 3. The molecule has 0 bridgehead atoms. The molecule has 3 aliphatic rings. The van der Waals surface area contributed by atoms with Gasteiger partial charge in [-0.1, -0.05) is 18.9 Å². The molecule has 2 saturated carbocycles. The van der Waals surface area contributed by atoms with Crippen LogP contribution in [0.25, 0.3) is 0 Å². The number of carbonyl (C=O) groups is 2. The van der Waals surface area contributed by atoms with Crippen LogP contribution in [0.15, 0.2) is 12.7 Å². The first-order valence-corrected chi connectivity index (χ1v) is 10.1. The molecule has 2 aliphatic carbocycles. The molecule has 1 heterocycles. The second kappa shape index (κ2) is 6.90. The minimum absolute atomic E-state index is 0.197. The molecule has 1 saturated heterocycles. The quantitative estimate of drug-likeness (QED) is 0.768. The standard InChI is InChI=1S/C21H34N2O3/c1-5-8-20(9-6-7-10-20)17(24)22-16-15-21(16)11-13-23(14-12-21)18(25)26-19(2,3)4/h5,16H,1,6-15H2,2-4H3,(H,22,24). The van der Waals surface area contributed by atoms with Gasteiger partial charge in [-0.15, -0.1) is 6.58 Å². The van der Waals surface area contributed by atoms with Crippen LogP contribution in [0, 0.1) is 10.8 Å². The Hall–Kier alpha value is -1.52. The molecule has 0 radical (unpaired) electrons. The Kier molecular flexibility index (Phi) is 5.11. The van der Waals surface area contributed by atoms with E-state index in [1.54, 1.807) is 0 Å². The molecule has 146 valence electrons. The number of amides is 2. The molecule has 1 aliphatic heterocycles. The van der Waals surface area contributed by atoms with E-state index in [1.165, 1.54) is 0 Å². The molecular formula is C21H34N2O3. The van der Waals surface area contributed by atoms with Crippen molar-refractivity contribution in [2.75, 3.05) is 13.1 Å². The zero-order valence-electron chi connectivity index (χ0n) is 16.6. The molecule has 0 aromatic carbocycles. The normalized spacial score (nSPS) is 26.4. The summed E-state index contributed by atoms with van der Waals surface area (Å²) in [7, 11) is 0. The first-order valence-electron chi connectivity index (χ1n) is 10.1. The Bertz CT molecular complexity index is 564. The number of likely N-dealkylation sites (tertiary alicyclic amines) is 1. The summed E-state index contributed by atoms with van der Waals surface area (Å²) in [4.78, 5) is 26.9. The van der Waals surface area contributed by atoms with Crippen LogP contribution in [-0.4, -0.2) is 41.6 Å². The third-order valence-electron chi connectivity index (χ3n) is 6.48. The van der Waals surface area contributed by atoms with Gasteiger partial charge in [0.2, 0.25) is 5.91 Å². The van der Waals surface area contributed by atoms with Gasteiger partial charge in [0.15, 0.2) is 0 Å². The van der Waals surface area contributed by atoms with Gasteiger partial charge in [0.25, 0.3) is 0 Å². The summed E-state index contributed by atoms with van der Waals surface area (Å²) in [6.45, 7) is 11.0. The van der Waals surface area contributed by atoms with Crippen molar-refractivity contribution in [3.63, 3.8) is 0 Å². The fourth-order valence-corrected chi connectivity index (χ4v) is 4.73. The number of ether oxygens (including phenoxy) is 1. The van der Waals surface area contributed by atoms with Crippen molar-refractivity contribution >= 4 is 12.0 Å². The van der Waals surface area contributed by atoms with Gasteiger partial charge in [-0.2, -0.15) is 0 Å². The van der Waals surface area contributed by atoms with Gasteiger partial charge in [0.1, 0.15) is 5.60 Å². The second-order valence-electron chi connectivity index (χ2n) is 9.54.